The summed E-state index contributed by atoms with van der Waals surface area (Å²) in [6, 6.07) is 12.6. The van der Waals surface area contributed by atoms with E-state index in [1.807, 2.05) is 48.5 Å². The van der Waals surface area contributed by atoms with Crippen LogP contribution < -0.4 is 20.1 Å². The lowest BCUT2D eigenvalue weighted by Gasteiger charge is -2.34. The van der Waals surface area contributed by atoms with Gasteiger partial charge in [-0.05, 0) is 66.4 Å². The number of benzene rings is 2. The first-order valence-electron chi connectivity index (χ1n) is 15.3. The summed E-state index contributed by atoms with van der Waals surface area (Å²) in [5.41, 5.74) is 4.34. The minimum absolute atomic E-state index is 0.00462. The lowest BCUT2D eigenvalue weighted by atomic mass is 9.78. The summed E-state index contributed by atoms with van der Waals surface area (Å²) in [4.78, 5) is 43.9. The van der Waals surface area contributed by atoms with Gasteiger partial charge >= 0.3 is 12.0 Å². The van der Waals surface area contributed by atoms with E-state index in [0.717, 1.165) is 48.1 Å². The SMILES string of the molecule is COc1cccc(/C=C2\C[C@@H](C)Cc3c2nc2ccccc2c3C(=O)OCC(=O)NC(=O)N[C@@H]2CCC[C@H](C)[C@H]2C)c1OC. The molecule has 1 aromatic heterocycles. The fourth-order valence-electron chi connectivity index (χ4n) is 6.54. The third-order valence-corrected chi connectivity index (χ3v) is 9.00. The van der Waals surface area contributed by atoms with Crippen molar-refractivity contribution in [2.45, 2.75) is 58.9 Å². The molecule has 2 N–H and O–H groups in total. The number of allylic oxidation sites excluding steroid dienone is 1. The number of nitrogens with one attached hydrogen (secondary N) is 2. The molecule has 1 fully saturated rings. The zero-order valence-electron chi connectivity index (χ0n) is 26.1. The molecule has 0 bridgehead atoms. The van der Waals surface area contributed by atoms with Crippen molar-refractivity contribution in [1.82, 2.24) is 15.6 Å². The molecule has 0 saturated heterocycles. The molecule has 2 aliphatic rings. The first kappa shape index (κ1) is 31.0. The minimum Gasteiger partial charge on any atom is -0.493 e. The van der Waals surface area contributed by atoms with Crippen LogP contribution in [-0.2, 0) is 16.0 Å². The number of amides is 3. The predicted octanol–water partition coefficient (Wildman–Crippen LogP) is 6.18. The van der Waals surface area contributed by atoms with E-state index in [2.05, 4.69) is 31.4 Å². The number of aromatic nitrogens is 1. The van der Waals surface area contributed by atoms with Crippen molar-refractivity contribution in [3.63, 3.8) is 0 Å². The van der Waals surface area contributed by atoms with Gasteiger partial charge in [0, 0.05) is 17.0 Å². The number of urea groups is 1. The molecule has 44 heavy (non-hydrogen) atoms. The number of ether oxygens (including phenoxy) is 3. The van der Waals surface area contributed by atoms with Crippen molar-refractivity contribution >= 4 is 40.5 Å². The molecule has 1 heterocycles. The topological polar surface area (TPSA) is 116 Å². The van der Waals surface area contributed by atoms with Gasteiger partial charge in [-0.15, -0.1) is 0 Å². The number of hydrogen-bond donors (Lipinski definition) is 2. The molecule has 1 saturated carbocycles. The number of carbonyl (C=O) groups is 3. The molecule has 5 rings (SSSR count). The van der Waals surface area contributed by atoms with Crippen LogP contribution in [0.25, 0.3) is 22.6 Å². The third kappa shape index (κ3) is 6.56. The van der Waals surface area contributed by atoms with Crippen LogP contribution in [0.4, 0.5) is 4.79 Å². The van der Waals surface area contributed by atoms with E-state index in [4.69, 9.17) is 19.2 Å². The molecule has 9 nitrogen and oxygen atoms in total. The highest BCUT2D eigenvalue weighted by molar-refractivity contribution is 6.07. The highest BCUT2D eigenvalue weighted by Crippen LogP contribution is 2.41. The summed E-state index contributed by atoms with van der Waals surface area (Å²) in [6.07, 6.45) is 6.46. The first-order valence-corrected chi connectivity index (χ1v) is 15.3. The third-order valence-electron chi connectivity index (χ3n) is 9.00. The fourth-order valence-corrected chi connectivity index (χ4v) is 6.54. The normalized spacial score (nSPS) is 22.2. The molecule has 4 atom stereocenters. The van der Waals surface area contributed by atoms with Crippen molar-refractivity contribution < 1.29 is 28.6 Å². The molecule has 0 radical (unpaired) electrons. The number of fused-ring (bicyclic) bond motifs is 2. The number of para-hydroxylation sites is 2. The molecule has 0 aliphatic heterocycles. The molecule has 2 aromatic carbocycles. The van der Waals surface area contributed by atoms with Gasteiger partial charge in [0.2, 0.25) is 0 Å². The molecule has 0 spiro atoms. The van der Waals surface area contributed by atoms with E-state index in [1.165, 1.54) is 0 Å². The van der Waals surface area contributed by atoms with Crippen LogP contribution in [0.2, 0.25) is 0 Å². The maximum absolute atomic E-state index is 13.7. The van der Waals surface area contributed by atoms with Crippen molar-refractivity contribution in [1.29, 1.82) is 0 Å². The van der Waals surface area contributed by atoms with Gasteiger partial charge in [0.05, 0.1) is 31.0 Å². The van der Waals surface area contributed by atoms with Crippen LogP contribution in [0.1, 0.15) is 73.6 Å². The Balaban J connectivity index is 1.40. The van der Waals surface area contributed by atoms with Gasteiger partial charge < -0.3 is 19.5 Å². The van der Waals surface area contributed by atoms with Gasteiger partial charge in [0.25, 0.3) is 5.91 Å². The number of nitrogens with zero attached hydrogens (tertiary/aromatic N) is 1. The highest BCUT2D eigenvalue weighted by atomic mass is 16.5. The quantitative estimate of drug-likeness (QED) is 0.312. The van der Waals surface area contributed by atoms with Gasteiger partial charge in [-0.2, -0.15) is 0 Å². The molecular formula is C35H41N3O6. The molecule has 9 heteroatoms. The second-order valence-corrected chi connectivity index (χ2v) is 12.1. The monoisotopic (exact) mass is 599 g/mol. The Labute approximate surface area is 258 Å². The molecule has 3 aromatic rings. The first-order chi connectivity index (χ1) is 21.2. The molecule has 3 amide bonds. The average Bonchev–Trinajstić information content (AvgIpc) is 3.01. The predicted molar refractivity (Wildman–Crippen MR) is 170 cm³/mol. The van der Waals surface area contributed by atoms with E-state index >= 15 is 0 Å². The maximum atomic E-state index is 13.7. The minimum atomic E-state index is -0.682. The lowest BCUT2D eigenvalue weighted by molar-refractivity contribution is -0.123. The number of carbonyl (C=O) groups excluding carboxylic acids is 3. The fraction of sp³-hybridized carbons (Fsp3) is 0.429. The zero-order valence-corrected chi connectivity index (χ0v) is 26.1. The van der Waals surface area contributed by atoms with Crippen LogP contribution in [0.15, 0.2) is 42.5 Å². The number of pyridine rings is 1. The van der Waals surface area contributed by atoms with Crippen LogP contribution in [0.5, 0.6) is 11.5 Å². The molecule has 0 unspecified atom stereocenters. The number of imide groups is 1. The molecule has 2 aliphatic carbocycles. The van der Waals surface area contributed by atoms with Gasteiger partial charge in [-0.25, -0.2) is 14.6 Å². The Kier molecular flexibility index (Phi) is 9.52. The lowest BCUT2D eigenvalue weighted by Crippen LogP contribution is -2.49. The summed E-state index contributed by atoms with van der Waals surface area (Å²) < 4.78 is 16.7. The summed E-state index contributed by atoms with van der Waals surface area (Å²) in [5.74, 6) is 0.969. The summed E-state index contributed by atoms with van der Waals surface area (Å²) in [6.45, 7) is 5.85. The summed E-state index contributed by atoms with van der Waals surface area (Å²) in [7, 11) is 3.20. The van der Waals surface area contributed by atoms with E-state index < -0.39 is 24.5 Å². The summed E-state index contributed by atoms with van der Waals surface area (Å²) >= 11 is 0. The number of hydrogen-bond acceptors (Lipinski definition) is 7. The molecular weight excluding hydrogens is 558 g/mol. The van der Waals surface area contributed by atoms with Crippen molar-refractivity contribution in [3.05, 3.63) is 64.8 Å². The van der Waals surface area contributed by atoms with Crippen LogP contribution in [0, 0.1) is 17.8 Å². The van der Waals surface area contributed by atoms with Crippen LogP contribution in [0.3, 0.4) is 0 Å². The second-order valence-electron chi connectivity index (χ2n) is 12.1. The summed E-state index contributed by atoms with van der Waals surface area (Å²) in [5, 5.41) is 5.89. The van der Waals surface area contributed by atoms with E-state index in [1.54, 1.807) is 14.2 Å². The Morgan fingerprint density at radius 3 is 2.55 bits per heavy atom. The van der Waals surface area contributed by atoms with E-state index in [-0.39, 0.29) is 12.0 Å². The van der Waals surface area contributed by atoms with Gasteiger partial charge in [-0.1, -0.05) is 63.9 Å². The van der Waals surface area contributed by atoms with Crippen molar-refractivity contribution in [3.8, 4) is 11.5 Å². The molecule has 232 valence electrons. The van der Waals surface area contributed by atoms with Crippen LogP contribution >= 0.6 is 0 Å². The van der Waals surface area contributed by atoms with Gasteiger partial charge in [0.15, 0.2) is 18.1 Å². The second kappa shape index (κ2) is 13.5. The Morgan fingerprint density at radius 2 is 1.77 bits per heavy atom. The number of esters is 1. The zero-order chi connectivity index (χ0) is 31.4. The highest BCUT2D eigenvalue weighted by Gasteiger charge is 2.31. The maximum Gasteiger partial charge on any atom is 0.339 e. The van der Waals surface area contributed by atoms with Gasteiger partial charge in [-0.3, -0.25) is 10.1 Å². The van der Waals surface area contributed by atoms with Crippen molar-refractivity contribution in [2.75, 3.05) is 20.8 Å². The average molecular weight is 600 g/mol. The Morgan fingerprint density at radius 1 is 0.977 bits per heavy atom. The van der Waals surface area contributed by atoms with E-state index in [0.29, 0.717) is 46.2 Å². The smallest absolute Gasteiger partial charge is 0.339 e. The number of methoxy groups -OCH3 is 2. The Bertz CT molecular complexity index is 1600. The standard InChI is InChI=1S/C35H41N3O6/c1-20-16-24(18-23-11-9-15-29(42-4)33(23)43-5)32-26(17-20)31(25-12-6-7-13-28(25)36-32)34(40)44-19-30(39)38-35(41)37-27-14-8-10-21(2)22(27)3/h6-7,9,11-13,15,18,20-22,27H,8,10,14,16-17,19H2,1-5H3,(H2,37,38,39,41)/b24-18+/t20-,21+,22-,27-/m1/s1. The number of rotatable bonds is 7. The van der Waals surface area contributed by atoms with Gasteiger partial charge in [0.1, 0.15) is 0 Å². The van der Waals surface area contributed by atoms with E-state index in [9.17, 15) is 14.4 Å². The van der Waals surface area contributed by atoms with Crippen molar-refractivity contribution in [2.24, 2.45) is 17.8 Å². The Hall–Kier alpha value is -4.40. The largest absolute Gasteiger partial charge is 0.493 e. The van der Waals surface area contributed by atoms with Crippen LogP contribution in [-0.4, -0.2) is 49.8 Å².